The van der Waals surface area contributed by atoms with Crippen molar-refractivity contribution < 1.29 is 9.59 Å². The lowest BCUT2D eigenvalue weighted by atomic mass is 9.88. The molecule has 38 heavy (non-hydrogen) atoms. The van der Waals surface area contributed by atoms with Crippen molar-refractivity contribution in [2.75, 3.05) is 31.5 Å². The van der Waals surface area contributed by atoms with Crippen LogP contribution in [0.4, 0.5) is 5.69 Å². The molecule has 198 valence electrons. The van der Waals surface area contributed by atoms with Crippen LogP contribution >= 0.6 is 0 Å². The van der Waals surface area contributed by atoms with Crippen LogP contribution < -0.4 is 10.6 Å². The zero-order chi connectivity index (χ0) is 26.9. The molecule has 4 rings (SSSR count). The Hall–Kier alpha value is -3.70. The fraction of sp³-hybridized carbons (Fsp3) is 0.333. The number of benzene rings is 3. The van der Waals surface area contributed by atoms with E-state index < -0.39 is 0 Å². The molecule has 0 radical (unpaired) electrons. The number of nitrogens with zero attached hydrogens (tertiary/aromatic N) is 1. The number of rotatable bonds is 9. The van der Waals surface area contributed by atoms with Gasteiger partial charge in [-0.2, -0.15) is 0 Å². The monoisotopic (exact) mass is 509 g/mol. The van der Waals surface area contributed by atoms with Crippen molar-refractivity contribution in [1.82, 2.24) is 10.2 Å². The Bertz CT molecular complexity index is 1250. The molecular weight excluding hydrogens is 470 g/mol. The molecule has 0 aromatic heterocycles. The van der Waals surface area contributed by atoms with Crippen LogP contribution in [0.3, 0.4) is 0 Å². The van der Waals surface area contributed by atoms with Crippen LogP contribution in [-0.2, 0) is 4.79 Å². The predicted molar refractivity (Wildman–Crippen MR) is 156 cm³/mol. The maximum Gasteiger partial charge on any atom is 0.253 e. The summed E-state index contributed by atoms with van der Waals surface area (Å²) in [6, 6.07) is 26.1. The van der Waals surface area contributed by atoms with Crippen LogP contribution in [0.1, 0.15) is 73.0 Å². The molecule has 5 heteroatoms. The van der Waals surface area contributed by atoms with Gasteiger partial charge in [0.25, 0.3) is 5.91 Å². The van der Waals surface area contributed by atoms with E-state index >= 15 is 0 Å². The third-order valence-electron chi connectivity index (χ3n) is 7.38. The smallest absolute Gasteiger partial charge is 0.253 e. The van der Waals surface area contributed by atoms with E-state index in [1.54, 1.807) is 0 Å². The molecule has 0 aliphatic carbocycles. The largest absolute Gasteiger partial charge is 0.339 e. The topological polar surface area (TPSA) is 61.4 Å². The molecule has 1 heterocycles. The maximum absolute atomic E-state index is 13.2. The number of hydrogen-bond donors (Lipinski definition) is 2. The molecule has 3 aromatic carbocycles. The van der Waals surface area contributed by atoms with E-state index in [0.29, 0.717) is 18.7 Å². The summed E-state index contributed by atoms with van der Waals surface area (Å²) in [5, 5.41) is 6.62. The van der Waals surface area contributed by atoms with Crippen molar-refractivity contribution >= 4 is 23.1 Å². The highest BCUT2D eigenvalue weighted by Crippen LogP contribution is 2.33. The molecule has 2 N–H and O–H groups in total. The van der Waals surface area contributed by atoms with Gasteiger partial charge in [0.05, 0.1) is 5.92 Å². The summed E-state index contributed by atoms with van der Waals surface area (Å²) in [7, 11) is 0. The SMILES string of the molecule is CCC(C(=O)Nc1cccc(C(=C2CCNCC2)c2ccc(C(=O)N(CC)CC)cc2)c1)c1ccccc1. The van der Waals surface area contributed by atoms with E-state index in [-0.39, 0.29) is 17.7 Å². The Balaban J connectivity index is 1.64. The van der Waals surface area contributed by atoms with Crippen LogP contribution in [0.5, 0.6) is 0 Å². The Labute approximate surface area is 227 Å². The Morgan fingerprint density at radius 3 is 2.11 bits per heavy atom. The van der Waals surface area contributed by atoms with E-state index in [0.717, 1.165) is 54.7 Å². The summed E-state index contributed by atoms with van der Waals surface area (Å²) in [5.74, 6) is -0.129. The molecule has 1 unspecified atom stereocenters. The first kappa shape index (κ1) is 27.3. The van der Waals surface area contributed by atoms with Gasteiger partial charge >= 0.3 is 0 Å². The van der Waals surface area contributed by atoms with Gasteiger partial charge in [0.15, 0.2) is 0 Å². The van der Waals surface area contributed by atoms with E-state index in [1.807, 2.05) is 80.3 Å². The van der Waals surface area contributed by atoms with Gasteiger partial charge in [-0.3, -0.25) is 9.59 Å². The van der Waals surface area contributed by atoms with Crippen LogP contribution in [0.25, 0.3) is 5.57 Å². The second-order valence-electron chi connectivity index (χ2n) is 9.72. The van der Waals surface area contributed by atoms with Crippen molar-refractivity contribution in [2.45, 2.75) is 46.0 Å². The number of anilines is 1. The Morgan fingerprint density at radius 2 is 1.47 bits per heavy atom. The second-order valence-corrected chi connectivity index (χ2v) is 9.72. The first-order valence-corrected chi connectivity index (χ1v) is 13.8. The van der Waals surface area contributed by atoms with Crippen molar-refractivity contribution in [3.05, 3.63) is 107 Å². The van der Waals surface area contributed by atoms with Crippen LogP contribution in [0, 0.1) is 0 Å². The number of hydrogen-bond acceptors (Lipinski definition) is 3. The van der Waals surface area contributed by atoms with Crippen molar-refractivity contribution in [3.8, 4) is 0 Å². The van der Waals surface area contributed by atoms with Crippen molar-refractivity contribution in [2.24, 2.45) is 0 Å². The highest BCUT2D eigenvalue weighted by molar-refractivity contribution is 5.97. The van der Waals surface area contributed by atoms with E-state index in [9.17, 15) is 9.59 Å². The predicted octanol–water partition coefficient (Wildman–Crippen LogP) is 6.49. The molecule has 0 spiro atoms. The highest BCUT2D eigenvalue weighted by atomic mass is 16.2. The zero-order valence-electron chi connectivity index (χ0n) is 22.8. The highest BCUT2D eigenvalue weighted by Gasteiger charge is 2.20. The lowest BCUT2D eigenvalue weighted by Gasteiger charge is -2.22. The van der Waals surface area contributed by atoms with E-state index in [1.165, 1.54) is 11.1 Å². The molecule has 1 atom stereocenters. The van der Waals surface area contributed by atoms with Gasteiger partial charge < -0.3 is 15.5 Å². The second kappa shape index (κ2) is 13.2. The van der Waals surface area contributed by atoms with Gasteiger partial charge in [-0.05, 0) is 92.7 Å². The molecule has 3 aromatic rings. The summed E-state index contributed by atoms with van der Waals surface area (Å²) in [6.07, 6.45) is 2.67. The minimum absolute atomic E-state index is 0.00573. The summed E-state index contributed by atoms with van der Waals surface area (Å²) < 4.78 is 0. The normalized spacial score (nSPS) is 14.0. The van der Waals surface area contributed by atoms with Crippen molar-refractivity contribution in [1.29, 1.82) is 0 Å². The maximum atomic E-state index is 13.2. The minimum Gasteiger partial charge on any atom is -0.339 e. The lowest BCUT2D eigenvalue weighted by Crippen LogP contribution is -2.30. The molecule has 2 amide bonds. The van der Waals surface area contributed by atoms with E-state index in [2.05, 4.69) is 34.9 Å². The number of piperidine rings is 1. The van der Waals surface area contributed by atoms with Crippen LogP contribution in [0.15, 0.2) is 84.4 Å². The van der Waals surface area contributed by atoms with Gasteiger partial charge in [-0.25, -0.2) is 0 Å². The Morgan fingerprint density at radius 1 is 0.816 bits per heavy atom. The summed E-state index contributed by atoms with van der Waals surface area (Å²) in [6.45, 7) is 9.34. The fourth-order valence-electron chi connectivity index (χ4n) is 5.27. The number of amides is 2. The average molecular weight is 510 g/mol. The molecule has 1 aliphatic rings. The minimum atomic E-state index is -0.196. The molecule has 0 bridgehead atoms. The van der Waals surface area contributed by atoms with Crippen LogP contribution in [-0.4, -0.2) is 42.9 Å². The van der Waals surface area contributed by atoms with Gasteiger partial charge in [0, 0.05) is 24.3 Å². The van der Waals surface area contributed by atoms with Crippen LogP contribution in [0.2, 0.25) is 0 Å². The van der Waals surface area contributed by atoms with Crippen molar-refractivity contribution in [3.63, 3.8) is 0 Å². The van der Waals surface area contributed by atoms with Gasteiger partial charge in [0.1, 0.15) is 0 Å². The Kier molecular flexibility index (Phi) is 9.50. The average Bonchev–Trinajstić information content (AvgIpc) is 2.96. The molecular formula is C33H39N3O2. The third kappa shape index (κ3) is 6.40. The van der Waals surface area contributed by atoms with Gasteiger partial charge in [-0.1, -0.05) is 67.1 Å². The first-order chi connectivity index (χ1) is 18.5. The summed E-state index contributed by atoms with van der Waals surface area (Å²) >= 11 is 0. The van der Waals surface area contributed by atoms with E-state index in [4.69, 9.17) is 0 Å². The standard InChI is InChI=1S/C33H39N3O2/c1-4-30(24-11-8-7-9-12-24)32(37)35-29-14-10-13-28(23-29)31(26-19-21-34-22-20-26)25-15-17-27(18-16-25)33(38)36(5-2)6-3/h7-18,23,30,34H,4-6,19-22H2,1-3H3,(H,35,37). The van der Waals surface area contributed by atoms with Gasteiger partial charge in [-0.15, -0.1) is 0 Å². The molecule has 1 fully saturated rings. The summed E-state index contributed by atoms with van der Waals surface area (Å²) in [4.78, 5) is 27.9. The fourth-order valence-corrected chi connectivity index (χ4v) is 5.27. The third-order valence-corrected chi connectivity index (χ3v) is 7.38. The molecule has 1 saturated heterocycles. The zero-order valence-corrected chi connectivity index (χ0v) is 22.8. The number of carbonyl (C=O) groups is 2. The molecule has 0 saturated carbocycles. The number of carbonyl (C=O) groups excluding carboxylic acids is 2. The number of nitrogens with one attached hydrogen (secondary N) is 2. The molecule has 5 nitrogen and oxygen atoms in total. The van der Waals surface area contributed by atoms with Gasteiger partial charge in [0.2, 0.25) is 5.91 Å². The first-order valence-electron chi connectivity index (χ1n) is 13.8. The lowest BCUT2D eigenvalue weighted by molar-refractivity contribution is -0.117. The quantitative estimate of drug-likeness (QED) is 0.347. The molecule has 1 aliphatic heterocycles. The summed E-state index contributed by atoms with van der Waals surface area (Å²) in [5.41, 5.74) is 7.29.